The van der Waals surface area contributed by atoms with Gasteiger partial charge in [-0.1, -0.05) is 0 Å². The van der Waals surface area contributed by atoms with Crippen LogP contribution in [0.3, 0.4) is 0 Å². The topological polar surface area (TPSA) is 82.5 Å². The van der Waals surface area contributed by atoms with Crippen LogP contribution >= 0.6 is 0 Å². The first kappa shape index (κ1) is 8.49. The molecule has 2 aromatic heterocycles. The quantitative estimate of drug-likeness (QED) is 0.648. The molecule has 14 heavy (non-hydrogen) atoms. The number of imidazole rings is 1. The van der Waals surface area contributed by atoms with Crippen LogP contribution in [0.1, 0.15) is 10.4 Å². The Balaban J connectivity index is 2.67. The average Bonchev–Trinajstić information content (AvgIpc) is 2.66. The Labute approximate surface area is 79.3 Å². The van der Waals surface area contributed by atoms with Crippen molar-refractivity contribution in [2.75, 3.05) is 12.8 Å². The molecule has 0 aliphatic rings. The van der Waals surface area contributed by atoms with Crippen LogP contribution in [0.2, 0.25) is 0 Å². The largest absolute Gasteiger partial charge is 0.465 e. The summed E-state index contributed by atoms with van der Waals surface area (Å²) in [5, 5.41) is 0. The summed E-state index contributed by atoms with van der Waals surface area (Å²) in [5.74, 6) is -0.232. The van der Waals surface area contributed by atoms with Crippen molar-refractivity contribution in [2.45, 2.75) is 0 Å². The number of nitrogen functional groups attached to an aromatic ring is 1. The van der Waals surface area contributed by atoms with Crippen molar-refractivity contribution < 1.29 is 9.53 Å². The van der Waals surface area contributed by atoms with E-state index in [2.05, 4.69) is 14.7 Å². The smallest absolute Gasteiger partial charge is 0.343 e. The van der Waals surface area contributed by atoms with Crippen molar-refractivity contribution >= 4 is 17.4 Å². The third kappa shape index (κ3) is 1.08. The second-order valence-corrected chi connectivity index (χ2v) is 2.67. The second-order valence-electron chi connectivity index (χ2n) is 2.67. The average molecular weight is 192 g/mol. The first-order chi connectivity index (χ1) is 6.74. The molecule has 0 amide bonds. The highest BCUT2D eigenvalue weighted by Crippen LogP contribution is 2.13. The molecule has 0 atom stereocenters. The van der Waals surface area contributed by atoms with Crippen LogP contribution < -0.4 is 5.73 Å². The number of carbonyl (C=O) groups excluding carboxylic acids is 1. The molecule has 6 nitrogen and oxygen atoms in total. The number of fused-ring (bicyclic) bond motifs is 1. The van der Waals surface area contributed by atoms with E-state index >= 15 is 0 Å². The maximum Gasteiger partial charge on any atom is 0.343 e. The number of methoxy groups -OCH3 is 1. The van der Waals surface area contributed by atoms with Crippen molar-refractivity contribution in [2.24, 2.45) is 0 Å². The number of nitrogens with two attached hydrogens (primary N) is 1. The van der Waals surface area contributed by atoms with E-state index in [0.717, 1.165) is 0 Å². The van der Waals surface area contributed by atoms with Crippen molar-refractivity contribution in [1.82, 2.24) is 14.4 Å². The van der Waals surface area contributed by atoms with Crippen LogP contribution in [0, 0.1) is 0 Å². The lowest BCUT2D eigenvalue weighted by molar-refractivity contribution is 0.0601. The number of hydrogen-bond acceptors (Lipinski definition) is 5. The SMILES string of the molecule is COC(=O)c1cnc2cncn2c1N. The standard InChI is InChI=1S/C8H8N4O2/c1-14-8(13)5-2-11-6-3-10-4-12(6)7(5)9/h2-4H,9H2,1H3. The van der Waals surface area contributed by atoms with Gasteiger partial charge in [0, 0.05) is 6.20 Å². The van der Waals surface area contributed by atoms with Gasteiger partial charge in [0.15, 0.2) is 5.65 Å². The van der Waals surface area contributed by atoms with Crippen LogP contribution in [0.15, 0.2) is 18.7 Å². The Hall–Kier alpha value is -2.11. The number of ether oxygens (including phenoxy) is 1. The summed E-state index contributed by atoms with van der Waals surface area (Å²) >= 11 is 0. The molecule has 0 saturated heterocycles. The zero-order chi connectivity index (χ0) is 10.1. The molecule has 72 valence electrons. The molecular weight excluding hydrogens is 184 g/mol. The Kier molecular flexibility index (Phi) is 1.81. The summed E-state index contributed by atoms with van der Waals surface area (Å²) < 4.78 is 6.07. The second kappa shape index (κ2) is 2.99. The maximum absolute atomic E-state index is 11.2. The Morgan fingerprint density at radius 1 is 1.57 bits per heavy atom. The van der Waals surface area contributed by atoms with E-state index in [9.17, 15) is 4.79 Å². The van der Waals surface area contributed by atoms with E-state index in [1.165, 1.54) is 24.0 Å². The number of esters is 1. The van der Waals surface area contributed by atoms with E-state index in [1.54, 1.807) is 6.20 Å². The molecule has 0 aliphatic heterocycles. The Bertz CT molecular complexity index is 491. The summed E-state index contributed by atoms with van der Waals surface area (Å²) in [7, 11) is 1.29. The third-order valence-electron chi connectivity index (χ3n) is 1.89. The van der Waals surface area contributed by atoms with Crippen LogP contribution in [0.4, 0.5) is 5.82 Å². The molecule has 2 heterocycles. The van der Waals surface area contributed by atoms with Crippen molar-refractivity contribution in [3.8, 4) is 0 Å². The highest BCUT2D eigenvalue weighted by Gasteiger charge is 2.13. The molecule has 0 bridgehead atoms. The van der Waals surface area contributed by atoms with Gasteiger partial charge in [0.25, 0.3) is 0 Å². The van der Waals surface area contributed by atoms with Gasteiger partial charge >= 0.3 is 5.97 Å². The molecule has 0 fully saturated rings. The normalized spacial score (nSPS) is 10.4. The number of hydrogen-bond donors (Lipinski definition) is 1. The lowest BCUT2D eigenvalue weighted by atomic mass is 10.3. The highest BCUT2D eigenvalue weighted by atomic mass is 16.5. The van der Waals surface area contributed by atoms with Gasteiger partial charge in [-0.2, -0.15) is 0 Å². The van der Waals surface area contributed by atoms with Crippen molar-refractivity contribution in [3.05, 3.63) is 24.3 Å². The molecule has 0 spiro atoms. The minimum Gasteiger partial charge on any atom is -0.465 e. The number of rotatable bonds is 1. The molecule has 0 unspecified atom stereocenters. The lowest BCUT2D eigenvalue weighted by Crippen LogP contribution is -2.10. The third-order valence-corrected chi connectivity index (χ3v) is 1.89. The van der Waals surface area contributed by atoms with Gasteiger partial charge in [-0.25, -0.2) is 14.8 Å². The number of nitrogens with zero attached hydrogens (tertiary/aromatic N) is 3. The summed E-state index contributed by atoms with van der Waals surface area (Å²) in [6.45, 7) is 0. The fraction of sp³-hybridized carbons (Fsp3) is 0.125. The fourth-order valence-corrected chi connectivity index (χ4v) is 1.16. The van der Waals surface area contributed by atoms with Gasteiger partial charge < -0.3 is 10.5 Å². The van der Waals surface area contributed by atoms with Gasteiger partial charge in [0.05, 0.1) is 13.3 Å². The van der Waals surface area contributed by atoms with E-state index in [-0.39, 0.29) is 11.4 Å². The van der Waals surface area contributed by atoms with Gasteiger partial charge in [-0.3, -0.25) is 4.40 Å². The molecule has 2 aromatic rings. The van der Waals surface area contributed by atoms with Gasteiger partial charge in [0.1, 0.15) is 17.7 Å². The fourth-order valence-electron chi connectivity index (χ4n) is 1.16. The first-order valence-corrected chi connectivity index (χ1v) is 3.89. The first-order valence-electron chi connectivity index (χ1n) is 3.89. The molecule has 0 aromatic carbocycles. The van der Waals surface area contributed by atoms with Crippen molar-refractivity contribution in [3.63, 3.8) is 0 Å². The van der Waals surface area contributed by atoms with E-state index in [4.69, 9.17) is 5.73 Å². The molecule has 0 radical (unpaired) electrons. The Morgan fingerprint density at radius 2 is 2.36 bits per heavy atom. The monoisotopic (exact) mass is 192 g/mol. The molecule has 2 N–H and O–H groups in total. The number of aromatic nitrogens is 3. The highest BCUT2D eigenvalue weighted by molar-refractivity contribution is 5.94. The van der Waals surface area contributed by atoms with Crippen LogP contribution in [-0.4, -0.2) is 27.4 Å². The molecule has 2 rings (SSSR count). The summed E-state index contributed by atoms with van der Waals surface area (Å²) in [4.78, 5) is 19.1. The number of carbonyl (C=O) groups is 1. The van der Waals surface area contributed by atoms with E-state index in [0.29, 0.717) is 5.65 Å². The van der Waals surface area contributed by atoms with Gasteiger partial charge in [0.2, 0.25) is 0 Å². The van der Waals surface area contributed by atoms with E-state index in [1.807, 2.05) is 0 Å². The summed E-state index contributed by atoms with van der Waals surface area (Å²) in [5.41, 5.74) is 6.55. The molecule has 6 heteroatoms. The predicted octanol–water partition coefficient (Wildman–Crippen LogP) is 0.0981. The van der Waals surface area contributed by atoms with Crippen molar-refractivity contribution in [1.29, 1.82) is 0 Å². The molecule has 0 aliphatic carbocycles. The van der Waals surface area contributed by atoms with Crippen LogP contribution in [-0.2, 0) is 4.74 Å². The number of anilines is 1. The Morgan fingerprint density at radius 3 is 3.07 bits per heavy atom. The lowest BCUT2D eigenvalue weighted by Gasteiger charge is -2.04. The van der Waals surface area contributed by atoms with E-state index < -0.39 is 5.97 Å². The predicted molar refractivity (Wildman–Crippen MR) is 48.7 cm³/mol. The van der Waals surface area contributed by atoms with Gasteiger partial charge in [-0.05, 0) is 0 Å². The summed E-state index contributed by atoms with van der Waals surface area (Å²) in [6.07, 6.45) is 4.42. The zero-order valence-electron chi connectivity index (χ0n) is 7.47. The molecular formula is C8H8N4O2. The van der Waals surface area contributed by atoms with Crippen LogP contribution in [0.5, 0.6) is 0 Å². The zero-order valence-corrected chi connectivity index (χ0v) is 7.47. The van der Waals surface area contributed by atoms with Gasteiger partial charge in [-0.15, -0.1) is 0 Å². The van der Waals surface area contributed by atoms with Crippen LogP contribution in [0.25, 0.3) is 5.65 Å². The molecule has 0 saturated carbocycles. The summed E-state index contributed by atoms with van der Waals surface area (Å²) in [6, 6.07) is 0. The maximum atomic E-state index is 11.2. The minimum absolute atomic E-state index is 0.234. The minimum atomic E-state index is -0.509.